The van der Waals surface area contributed by atoms with E-state index in [1.54, 1.807) is 7.11 Å². The van der Waals surface area contributed by atoms with Crippen LogP contribution in [0.15, 0.2) is 12.3 Å². The van der Waals surface area contributed by atoms with Gasteiger partial charge in [-0.2, -0.15) is 0 Å². The van der Waals surface area contributed by atoms with Crippen LogP contribution in [0.5, 0.6) is 0 Å². The van der Waals surface area contributed by atoms with Gasteiger partial charge < -0.3 is 10.5 Å². The molecule has 1 aromatic rings. The molecule has 1 atom stereocenters. The molecule has 2 N–H and O–H groups in total. The van der Waals surface area contributed by atoms with Gasteiger partial charge in [-0.15, -0.1) is 0 Å². The van der Waals surface area contributed by atoms with E-state index >= 15 is 0 Å². The number of methoxy groups -OCH3 is 1. The maximum absolute atomic E-state index is 5.85. The first-order valence-corrected chi connectivity index (χ1v) is 7.29. The van der Waals surface area contributed by atoms with Crippen LogP contribution in [0.25, 0.3) is 0 Å². The van der Waals surface area contributed by atoms with Crippen molar-refractivity contribution in [1.82, 2.24) is 9.97 Å². The summed E-state index contributed by atoms with van der Waals surface area (Å²) >= 11 is 0. The van der Waals surface area contributed by atoms with Gasteiger partial charge in [0.25, 0.3) is 0 Å². The van der Waals surface area contributed by atoms with E-state index in [9.17, 15) is 0 Å². The van der Waals surface area contributed by atoms with Gasteiger partial charge in [0.1, 0.15) is 5.60 Å². The highest BCUT2D eigenvalue weighted by Crippen LogP contribution is 2.37. The highest BCUT2D eigenvalue weighted by atomic mass is 16.5. The zero-order chi connectivity index (χ0) is 13.7. The molecule has 1 fully saturated rings. The summed E-state index contributed by atoms with van der Waals surface area (Å²) in [4.78, 5) is 9.18. The summed E-state index contributed by atoms with van der Waals surface area (Å²) in [7, 11) is 1.78. The van der Waals surface area contributed by atoms with Crippen molar-refractivity contribution in [3.63, 3.8) is 0 Å². The van der Waals surface area contributed by atoms with Crippen molar-refractivity contribution >= 4 is 0 Å². The van der Waals surface area contributed by atoms with Crippen molar-refractivity contribution in [2.75, 3.05) is 7.11 Å². The summed E-state index contributed by atoms with van der Waals surface area (Å²) in [5, 5.41) is 0. The molecule has 0 saturated heterocycles. The van der Waals surface area contributed by atoms with Crippen molar-refractivity contribution in [1.29, 1.82) is 0 Å². The minimum absolute atomic E-state index is 0.121. The van der Waals surface area contributed by atoms with Gasteiger partial charge in [0.15, 0.2) is 5.82 Å². The molecule has 2 rings (SSSR count). The van der Waals surface area contributed by atoms with E-state index in [0.29, 0.717) is 0 Å². The summed E-state index contributed by atoms with van der Waals surface area (Å²) in [5.74, 6) is 0.843. The fourth-order valence-electron chi connectivity index (χ4n) is 2.88. The number of ether oxygens (including phenoxy) is 1. The predicted molar refractivity (Wildman–Crippen MR) is 75.8 cm³/mol. The Morgan fingerprint density at radius 2 is 2.00 bits per heavy atom. The van der Waals surface area contributed by atoms with Gasteiger partial charge in [-0.05, 0) is 25.8 Å². The molecule has 1 aromatic heterocycles. The summed E-state index contributed by atoms with van der Waals surface area (Å²) in [5.41, 5.74) is 6.58. The van der Waals surface area contributed by atoms with Crippen molar-refractivity contribution < 1.29 is 4.74 Å². The number of hydrogen-bond acceptors (Lipinski definition) is 4. The first kappa shape index (κ1) is 14.4. The second-order valence-corrected chi connectivity index (χ2v) is 5.67. The average molecular weight is 263 g/mol. The third-order valence-corrected chi connectivity index (χ3v) is 3.95. The molecule has 0 aliphatic heterocycles. The maximum atomic E-state index is 5.85. The number of hydrogen-bond donors (Lipinski definition) is 1. The highest BCUT2D eigenvalue weighted by molar-refractivity contribution is 5.10. The maximum Gasteiger partial charge on any atom is 0.160 e. The summed E-state index contributed by atoms with van der Waals surface area (Å²) < 4.78 is 5.85. The molecule has 1 aliphatic carbocycles. The third kappa shape index (κ3) is 3.51. The fraction of sp³-hybridized carbons (Fsp3) is 0.733. The topological polar surface area (TPSA) is 61.0 Å². The molecule has 4 nitrogen and oxygen atoms in total. The number of rotatable bonds is 4. The molecule has 106 valence electrons. The zero-order valence-electron chi connectivity index (χ0n) is 12.1. The molecule has 0 bridgehead atoms. The lowest BCUT2D eigenvalue weighted by Crippen LogP contribution is -2.31. The van der Waals surface area contributed by atoms with E-state index in [4.69, 9.17) is 15.5 Å². The molecular formula is C15H25N3O. The number of aromatic nitrogens is 2. The van der Waals surface area contributed by atoms with Gasteiger partial charge >= 0.3 is 0 Å². The van der Waals surface area contributed by atoms with Crippen LogP contribution in [-0.4, -0.2) is 23.1 Å². The van der Waals surface area contributed by atoms with Crippen LogP contribution in [0.4, 0.5) is 0 Å². The molecule has 0 spiro atoms. The second-order valence-electron chi connectivity index (χ2n) is 5.67. The minimum atomic E-state index is -0.287. The van der Waals surface area contributed by atoms with Gasteiger partial charge in [-0.3, -0.25) is 0 Å². The smallest absolute Gasteiger partial charge is 0.160 e. The van der Waals surface area contributed by atoms with E-state index in [0.717, 1.165) is 30.8 Å². The summed E-state index contributed by atoms with van der Waals surface area (Å²) in [6.45, 7) is 2.00. The van der Waals surface area contributed by atoms with Gasteiger partial charge in [0.2, 0.25) is 0 Å². The van der Waals surface area contributed by atoms with E-state index in [-0.39, 0.29) is 11.6 Å². The van der Waals surface area contributed by atoms with Crippen molar-refractivity contribution in [2.45, 2.75) is 63.5 Å². The Bertz CT molecular complexity index is 398. The van der Waals surface area contributed by atoms with Crippen LogP contribution >= 0.6 is 0 Å². The number of nitrogens with two attached hydrogens (primary N) is 1. The van der Waals surface area contributed by atoms with Crippen molar-refractivity contribution in [2.24, 2.45) is 5.73 Å². The summed E-state index contributed by atoms with van der Waals surface area (Å²) in [6, 6.07) is 2.07. The molecule has 1 saturated carbocycles. The number of nitrogens with zero attached hydrogens (tertiary/aromatic N) is 2. The second kappa shape index (κ2) is 6.44. The van der Waals surface area contributed by atoms with E-state index in [1.165, 1.54) is 25.7 Å². The Kier molecular flexibility index (Phi) is 4.88. The SMILES string of the molecule is COC1(c2nccc(CC(C)N)n2)CCCCCC1. The van der Waals surface area contributed by atoms with Gasteiger partial charge in [-0.25, -0.2) is 9.97 Å². The van der Waals surface area contributed by atoms with Crippen LogP contribution < -0.4 is 5.73 Å². The highest BCUT2D eigenvalue weighted by Gasteiger charge is 2.35. The minimum Gasteiger partial charge on any atom is -0.370 e. The largest absolute Gasteiger partial charge is 0.370 e. The van der Waals surface area contributed by atoms with Gasteiger partial charge in [-0.1, -0.05) is 25.7 Å². The normalized spacial score (nSPS) is 20.8. The van der Waals surface area contributed by atoms with Crippen LogP contribution in [0, 0.1) is 0 Å². The molecule has 4 heteroatoms. The molecule has 0 amide bonds. The van der Waals surface area contributed by atoms with Crippen molar-refractivity contribution in [3.05, 3.63) is 23.8 Å². The van der Waals surface area contributed by atoms with Crippen LogP contribution in [0.3, 0.4) is 0 Å². The van der Waals surface area contributed by atoms with Crippen molar-refractivity contribution in [3.8, 4) is 0 Å². The monoisotopic (exact) mass is 263 g/mol. The standard InChI is InChI=1S/C15H25N3O/c1-12(16)11-13-7-10-17-14(18-13)15(19-2)8-5-3-4-6-9-15/h7,10,12H,3-6,8-9,11,16H2,1-2H3. The first-order valence-electron chi connectivity index (χ1n) is 7.29. The molecule has 1 heterocycles. The molecule has 1 aliphatic rings. The third-order valence-electron chi connectivity index (χ3n) is 3.95. The Labute approximate surface area is 115 Å². The van der Waals surface area contributed by atoms with E-state index in [2.05, 4.69) is 4.98 Å². The van der Waals surface area contributed by atoms with Crippen LogP contribution in [-0.2, 0) is 16.8 Å². The van der Waals surface area contributed by atoms with Crippen LogP contribution in [0.2, 0.25) is 0 Å². The lowest BCUT2D eigenvalue weighted by Gasteiger charge is -2.29. The lowest BCUT2D eigenvalue weighted by molar-refractivity contribution is -0.0353. The molecule has 0 aromatic carbocycles. The Morgan fingerprint density at radius 1 is 1.32 bits per heavy atom. The fourth-order valence-corrected chi connectivity index (χ4v) is 2.88. The predicted octanol–water partition coefficient (Wildman–Crippen LogP) is 2.56. The molecule has 0 radical (unpaired) electrons. The molecular weight excluding hydrogens is 238 g/mol. The van der Waals surface area contributed by atoms with Gasteiger partial charge in [0.05, 0.1) is 0 Å². The van der Waals surface area contributed by atoms with Crippen LogP contribution in [0.1, 0.15) is 57.0 Å². The Morgan fingerprint density at radius 3 is 2.58 bits per heavy atom. The quantitative estimate of drug-likeness (QED) is 0.848. The van der Waals surface area contributed by atoms with E-state index < -0.39 is 0 Å². The zero-order valence-corrected chi connectivity index (χ0v) is 12.1. The van der Waals surface area contributed by atoms with Gasteiger partial charge in [0, 0.05) is 31.5 Å². The first-order chi connectivity index (χ1) is 9.16. The Hall–Kier alpha value is -1.00. The summed E-state index contributed by atoms with van der Waals surface area (Å²) in [6.07, 6.45) is 9.61. The van der Waals surface area contributed by atoms with E-state index in [1.807, 2.05) is 19.2 Å². The molecule has 1 unspecified atom stereocenters. The molecule has 19 heavy (non-hydrogen) atoms. The Balaban J connectivity index is 2.26. The lowest BCUT2D eigenvalue weighted by atomic mass is 9.93. The average Bonchev–Trinajstić information content (AvgIpc) is 2.64.